The van der Waals surface area contributed by atoms with Gasteiger partial charge in [-0.05, 0) is 55.8 Å². The summed E-state index contributed by atoms with van der Waals surface area (Å²) in [5.41, 5.74) is 0.811. The van der Waals surface area contributed by atoms with Gasteiger partial charge in [-0.15, -0.1) is 10.2 Å². The molecule has 0 spiro atoms. The second-order valence-corrected chi connectivity index (χ2v) is 6.15. The Morgan fingerprint density at radius 2 is 2.22 bits per heavy atom. The van der Waals surface area contributed by atoms with Gasteiger partial charge >= 0.3 is 0 Å². The monoisotopic (exact) mass is 334 g/mol. The first-order valence-corrected chi connectivity index (χ1v) is 8.06. The van der Waals surface area contributed by atoms with Crippen molar-refractivity contribution in [2.24, 2.45) is 0 Å². The lowest BCUT2D eigenvalue weighted by atomic mass is 10.00. The fourth-order valence-corrected chi connectivity index (χ4v) is 2.77. The molecule has 2 unspecified atom stereocenters. The Labute approximate surface area is 139 Å². The molecule has 0 radical (unpaired) electrons. The number of halogens is 1. The van der Waals surface area contributed by atoms with Crippen LogP contribution in [-0.2, 0) is 11.3 Å². The standard InChI is InChI=1S/C15H19ClN6O/c1-10-13(3-2-8-17-10)18-14(23)9-22-20-15(19-21-22)11-4-6-12(16)7-5-11/h4-7,10,13,17H,2-3,8-9H2,1H3,(H,18,23). The van der Waals surface area contributed by atoms with Crippen molar-refractivity contribution in [1.82, 2.24) is 30.8 Å². The predicted octanol–water partition coefficient (Wildman–Crippen LogP) is 1.25. The van der Waals surface area contributed by atoms with Crippen molar-refractivity contribution in [3.05, 3.63) is 29.3 Å². The van der Waals surface area contributed by atoms with E-state index in [0.29, 0.717) is 10.8 Å². The normalized spacial score (nSPS) is 21.1. The summed E-state index contributed by atoms with van der Waals surface area (Å²) in [7, 11) is 0. The van der Waals surface area contributed by atoms with Crippen molar-refractivity contribution >= 4 is 17.5 Å². The quantitative estimate of drug-likeness (QED) is 0.879. The van der Waals surface area contributed by atoms with Crippen LogP contribution in [0.2, 0.25) is 5.02 Å². The molecule has 2 heterocycles. The van der Waals surface area contributed by atoms with E-state index in [1.54, 1.807) is 12.1 Å². The molecule has 1 saturated heterocycles. The predicted molar refractivity (Wildman–Crippen MR) is 86.9 cm³/mol. The number of aromatic nitrogens is 4. The van der Waals surface area contributed by atoms with Crippen molar-refractivity contribution in [3.8, 4) is 11.4 Å². The van der Waals surface area contributed by atoms with E-state index in [9.17, 15) is 4.79 Å². The Bertz CT molecular complexity index is 671. The first-order valence-electron chi connectivity index (χ1n) is 7.68. The Balaban J connectivity index is 1.60. The molecule has 3 rings (SSSR count). The largest absolute Gasteiger partial charge is 0.350 e. The van der Waals surface area contributed by atoms with Crippen molar-refractivity contribution < 1.29 is 4.79 Å². The van der Waals surface area contributed by atoms with E-state index in [0.717, 1.165) is 24.9 Å². The van der Waals surface area contributed by atoms with Crippen LogP contribution in [-0.4, -0.2) is 44.7 Å². The van der Waals surface area contributed by atoms with Crippen molar-refractivity contribution in [2.45, 2.75) is 38.4 Å². The number of carbonyl (C=O) groups is 1. The van der Waals surface area contributed by atoms with Crippen LogP contribution in [0.15, 0.2) is 24.3 Å². The average molecular weight is 335 g/mol. The highest BCUT2D eigenvalue weighted by Crippen LogP contribution is 2.16. The summed E-state index contributed by atoms with van der Waals surface area (Å²) in [6.45, 7) is 3.14. The molecule has 1 amide bonds. The van der Waals surface area contributed by atoms with E-state index in [1.807, 2.05) is 12.1 Å². The number of amides is 1. The van der Waals surface area contributed by atoms with E-state index in [1.165, 1.54) is 4.80 Å². The molecule has 1 fully saturated rings. The first-order chi connectivity index (χ1) is 11.1. The maximum absolute atomic E-state index is 12.1. The zero-order valence-electron chi connectivity index (χ0n) is 12.9. The van der Waals surface area contributed by atoms with Crippen LogP contribution in [0.5, 0.6) is 0 Å². The molecule has 1 aromatic carbocycles. The molecule has 7 nitrogen and oxygen atoms in total. The van der Waals surface area contributed by atoms with E-state index < -0.39 is 0 Å². The number of nitrogens with zero attached hydrogens (tertiary/aromatic N) is 4. The third kappa shape index (κ3) is 4.05. The topological polar surface area (TPSA) is 84.7 Å². The van der Waals surface area contributed by atoms with E-state index in [4.69, 9.17) is 11.6 Å². The van der Waals surface area contributed by atoms with Crippen LogP contribution in [0.4, 0.5) is 0 Å². The molecule has 1 aliphatic rings. The summed E-state index contributed by atoms with van der Waals surface area (Å²) in [5, 5.41) is 19.2. The Hall–Kier alpha value is -1.99. The van der Waals surface area contributed by atoms with Gasteiger partial charge in [-0.25, -0.2) is 0 Å². The molecule has 0 aliphatic carbocycles. The van der Waals surface area contributed by atoms with Crippen LogP contribution < -0.4 is 10.6 Å². The van der Waals surface area contributed by atoms with E-state index in [-0.39, 0.29) is 24.5 Å². The van der Waals surface area contributed by atoms with Gasteiger partial charge in [0.1, 0.15) is 6.54 Å². The number of benzene rings is 1. The Morgan fingerprint density at radius 3 is 2.96 bits per heavy atom. The molecule has 2 atom stereocenters. The maximum Gasteiger partial charge on any atom is 0.243 e. The summed E-state index contributed by atoms with van der Waals surface area (Å²) >= 11 is 5.86. The molecule has 0 bridgehead atoms. The molecular weight excluding hydrogens is 316 g/mol. The van der Waals surface area contributed by atoms with E-state index >= 15 is 0 Å². The lowest BCUT2D eigenvalue weighted by Crippen LogP contribution is -2.52. The third-order valence-corrected chi connectivity index (χ3v) is 4.20. The molecule has 122 valence electrons. The van der Waals surface area contributed by atoms with Crippen molar-refractivity contribution in [2.75, 3.05) is 6.54 Å². The fourth-order valence-electron chi connectivity index (χ4n) is 2.65. The number of nitrogens with one attached hydrogen (secondary N) is 2. The number of hydrogen-bond donors (Lipinski definition) is 2. The van der Waals surface area contributed by atoms with Gasteiger partial charge in [0.15, 0.2) is 0 Å². The molecule has 0 saturated carbocycles. The summed E-state index contributed by atoms with van der Waals surface area (Å²) < 4.78 is 0. The van der Waals surface area contributed by atoms with Crippen LogP contribution in [0.25, 0.3) is 11.4 Å². The summed E-state index contributed by atoms with van der Waals surface area (Å²) in [5.74, 6) is 0.368. The van der Waals surface area contributed by atoms with Gasteiger partial charge in [-0.3, -0.25) is 4.79 Å². The molecular formula is C15H19ClN6O. The van der Waals surface area contributed by atoms with Crippen molar-refractivity contribution in [3.63, 3.8) is 0 Å². The minimum absolute atomic E-state index is 0.0593. The van der Waals surface area contributed by atoms with Crippen LogP contribution in [0.1, 0.15) is 19.8 Å². The minimum atomic E-state index is -0.106. The van der Waals surface area contributed by atoms with Crippen LogP contribution in [0, 0.1) is 0 Å². The average Bonchev–Trinajstić information content (AvgIpc) is 2.98. The van der Waals surface area contributed by atoms with Gasteiger partial charge in [-0.2, -0.15) is 4.80 Å². The molecule has 8 heteroatoms. The lowest BCUT2D eigenvalue weighted by Gasteiger charge is -2.30. The van der Waals surface area contributed by atoms with E-state index in [2.05, 4.69) is 33.0 Å². The van der Waals surface area contributed by atoms with Gasteiger partial charge in [0, 0.05) is 22.7 Å². The summed E-state index contributed by atoms with van der Waals surface area (Å²) in [4.78, 5) is 13.4. The number of tetrazole rings is 1. The van der Waals surface area contributed by atoms with Gasteiger partial charge < -0.3 is 10.6 Å². The summed E-state index contributed by atoms with van der Waals surface area (Å²) in [6, 6.07) is 7.60. The Morgan fingerprint density at radius 1 is 1.43 bits per heavy atom. The van der Waals surface area contributed by atoms with Gasteiger partial charge in [0.25, 0.3) is 0 Å². The number of piperidine rings is 1. The molecule has 1 aliphatic heterocycles. The van der Waals surface area contributed by atoms with Gasteiger partial charge in [-0.1, -0.05) is 11.6 Å². The number of hydrogen-bond acceptors (Lipinski definition) is 5. The number of carbonyl (C=O) groups excluding carboxylic acids is 1. The SMILES string of the molecule is CC1NCCCC1NC(=O)Cn1nnc(-c2ccc(Cl)cc2)n1. The Kier molecular flexibility index (Phi) is 4.88. The second kappa shape index (κ2) is 7.06. The zero-order chi connectivity index (χ0) is 16.2. The van der Waals surface area contributed by atoms with Gasteiger partial charge in [0.2, 0.25) is 11.7 Å². The molecule has 23 heavy (non-hydrogen) atoms. The highest BCUT2D eigenvalue weighted by atomic mass is 35.5. The highest BCUT2D eigenvalue weighted by molar-refractivity contribution is 6.30. The van der Waals surface area contributed by atoms with Crippen molar-refractivity contribution in [1.29, 1.82) is 0 Å². The number of rotatable bonds is 4. The third-order valence-electron chi connectivity index (χ3n) is 3.95. The molecule has 2 aromatic rings. The maximum atomic E-state index is 12.1. The van der Waals surface area contributed by atoms with Crippen LogP contribution >= 0.6 is 11.6 Å². The smallest absolute Gasteiger partial charge is 0.243 e. The molecule has 1 aromatic heterocycles. The zero-order valence-corrected chi connectivity index (χ0v) is 13.6. The van der Waals surface area contributed by atoms with Gasteiger partial charge in [0.05, 0.1) is 0 Å². The van der Waals surface area contributed by atoms with Crippen LogP contribution in [0.3, 0.4) is 0 Å². The summed E-state index contributed by atoms with van der Waals surface area (Å²) in [6.07, 6.45) is 2.05. The first kappa shape index (κ1) is 15.9. The highest BCUT2D eigenvalue weighted by Gasteiger charge is 2.22. The minimum Gasteiger partial charge on any atom is -0.350 e. The lowest BCUT2D eigenvalue weighted by molar-refractivity contribution is -0.123. The second-order valence-electron chi connectivity index (χ2n) is 5.71. The molecule has 2 N–H and O–H groups in total. The fraction of sp³-hybridized carbons (Fsp3) is 0.467.